The third-order valence-corrected chi connectivity index (χ3v) is 2.68. The van der Waals surface area contributed by atoms with E-state index in [9.17, 15) is 0 Å². The molecule has 0 saturated carbocycles. The van der Waals surface area contributed by atoms with Crippen LogP contribution in [0.2, 0.25) is 0 Å². The summed E-state index contributed by atoms with van der Waals surface area (Å²) in [5.74, 6) is 2.08. The number of hydrogen-bond donors (Lipinski definition) is 1. The second-order valence-electron chi connectivity index (χ2n) is 4.37. The van der Waals surface area contributed by atoms with Gasteiger partial charge in [0.25, 0.3) is 0 Å². The van der Waals surface area contributed by atoms with Gasteiger partial charge in [0, 0.05) is 6.04 Å². The first kappa shape index (κ1) is 13.3. The van der Waals surface area contributed by atoms with Crippen molar-refractivity contribution in [3.63, 3.8) is 0 Å². The maximum atomic E-state index is 5.76. The normalized spacial score (nSPS) is 11.6. The molecule has 0 spiro atoms. The molecule has 0 atom stereocenters. The minimum atomic E-state index is 0.497. The Morgan fingerprint density at radius 2 is 1.81 bits per heavy atom. The van der Waals surface area contributed by atoms with Gasteiger partial charge in [-0.25, -0.2) is 0 Å². The van der Waals surface area contributed by atoms with Gasteiger partial charge in [-0.1, -0.05) is 27.7 Å². The number of hydrogen-bond acceptors (Lipinski definition) is 3. The Balaban J connectivity index is 2.44. The fourth-order valence-corrected chi connectivity index (χ4v) is 1.57. The zero-order chi connectivity index (χ0) is 12.0. The molecule has 3 nitrogen and oxygen atoms in total. The summed E-state index contributed by atoms with van der Waals surface area (Å²) in [4.78, 5) is 2.35. The zero-order valence-electron chi connectivity index (χ0n) is 10.9. The molecule has 92 valence electrons. The summed E-state index contributed by atoms with van der Waals surface area (Å²) >= 11 is 0. The topological polar surface area (TPSA) is 28.4 Å². The summed E-state index contributed by atoms with van der Waals surface area (Å²) in [6.45, 7) is 12.5. The molecule has 0 fully saturated rings. The van der Waals surface area contributed by atoms with Crippen LogP contribution in [0.15, 0.2) is 16.5 Å². The van der Waals surface area contributed by atoms with Crippen LogP contribution in [0.5, 0.6) is 0 Å². The second kappa shape index (κ2) is 6.71. The maximum Gasteiger partial charge on any atom is 0.118 e. The van der Waals surface area contributed by atoms with Crippen LogP contribution in [0.1, 0.15) is 39.2 Å². The summed E-state index contributed by atoms with van der Waals surface area (Å²) in [5, 5.41) is 3.35. The zero-order valence-corrected chi connectivity index (χ0v) is 10.9. The van der Waals surface area contributed by atoms with Gasteiger partial charge in [0.15, 0.2) is 0 Å². The van der Waals surface area contributed by atoms with E-state index in [1.807, 2.05) is 0 Å². The second-order valence-corrected chi connectivity index (χ2v) is 4.37. The molecule has 1 heterocycles. The Morgan fingerprint density at radius 1 is 1.19 bits per heavy atom. The average molecular weight is 224 g/mol. The first-order chi connectivity index (χ1) is 7.65. The molecule has 1 N–H and O–H groups in total. The first-order valence-corrected chi connectivity index (χ1v) is 6.19. The molecule has 0 saturated heterocycles. The first-order valence-electron chi connectivity index (χ1n) is 6.19. The number of nitrogens with zero attached hydrogens (tertiary/aromatic N) is 1. The molecule has 1 aromatic rings. The van der Waals surface area contributed by atoms with E-state index in [1.54, 1.807) is 0 Å². The predicted molar refractivity (Wildman–Crippen MR) is 67.3 cm³/mol. The van der Waals surface area contributed by atoms with Crippen molar-refractivity contribution in [2.75, 3.05) is 13.1 Å². The molecule has 0 aromatic carbocycles. The molecule has 3 heteroatoms. The molecule has 0 unspecified atom stereocenters. The Morgan fingerprint density at radius 3 is 2.38 bits per heavy atom. The minimum absolute atomic E-state index is 0.497. The number of nitrogens with one attached hydrogen (secondary N) is 1. The van der Waals surface area contributed by atoms with Crippen LogP contribution in [0.4, 0.5) is 0 Å². The van der Waals surface area contributed by atoms with Crippen molar-refractivity contribution in [1.29, 1.82) is 0 Å². The average Bonchev–Trinajstić information content (AvgIpc) is 2.70. The lowest BCUT2D eigenvalue weighted by Gasteiger charge is -2.15. The third-order valence-electron chi connectivity index (χ3n) is 2.68. The van der Waals surface area contributed by atoms with E-state index < -0.39 is 0 Å². The molecular weight excluding hydrogens is 200 g/mol. The highest BCUT2D eigenvalue weighted by Crippen LogP contribution is 2.10. The third kappa shape index (κ3) is 4.37. The van der Waals surface area contributed by atoms with Crippen LogP contribution in [0, 0.1) is 0 Å². The summed E-state index contributed by atoms with van der Waals surface area (Å²) in [7, 11) is 0. The van der Waals surface area contributed by atoms with E-state index in [0.29, 0.717) is 6.04 Å². The van der Waals surface area contributed by atoms with E-state index in [2.05, 4.69) is 50.0 Å². The lowest BCUT2D eigenvalue weighted by molar-refractivity contribution is 0.264. The highest BCUT2D eigenvalue weighted by Gasteiger charge is 2.06. The number of furan rings is 1. The van der Waals surface area contributed by atoms with Gasteiger partial charge in [0.1, 0.15) is 11.5 Å². The molecule has 1 aromatic heterocycles. The molecule has 0 aliphatic heterocycles. The Labute approximate surface area is 98.8 Å². The Hall–Kier alpha value is -0.800. The van der Waals surface area contributed by atoms with Crippen LogP contribution in [-0.2, 0) is 13.1 Å². The van der Waals surface area contributed by atoms with E-state index in [-0.39, 0.29) is 0 Å². The fraction of sp³-hybridized carbons (Fsp3) is 0.692. The van der Waals surface area contributed by atoms with Crippen molar-refractivity contribution in [3.8, 4) is 0 Å². The lowest BCUT2D eigenvalue weighted by atomic mass is 10.3. The van der Waals surface area contributed by atoms with Gasteiger partial charge in [-0.3, -0.25) is 4.90 Å². The smallest absolute Gasteiger partial charge is 0.118 e. The SMILES string of the molecule is CCN(CC)Cc1ccc(CNC(C)C)o1. The van der Waals surface area contributed by atoms with E-state index in [1.165, 1.54) is 0 Å². The van der Waals surface area contributed by atoms with Crippen LogP contribution in [0.25, 0.3) is 0 Å². The van der Waals surface area contributed by atoms with Gasteiger partial charge >= 0.3 is 0 Å². The highest BCUT2D eigenvalue weighted by molar-refractivity contribution is 5.07. The van der Waals surface area contributed by atoms with Crippen LogP contribution in [-0.4, -0.2) is 24.0 Å². The Bertz CT molecular complexity index is 290. The molecule has 0 bridgehead atoms. The summed E-state index contributed by atoms with van der Waals surface area (Å²) in [5.41, 5.74) is 0. The van der Waals surface area contributed by atoms with Gasteiger partial charge in [-0.2, -0.15) is 0 Å². The highest BCUT2D eigenvalue weighted by atomic mass is 16.3. The van der Waals surface area contributed by atoms with Crippen molar-refractivity contribution < 1.29 is 4.42 Å². The molecule has 0 amide bonds. The van der Waals surface area contributed by atoms with Crippen molar-refractivity contribution >= 4 is 0 Å². The predicted octanol–water partition coefficient (Wildman–Crippen LogP) is 2.62. The van der Waals surface area contributed by atoms with Crippen molar-refractivity contribution in [2.24, 2.45) is 0 Å². The van der Waals surface area contributed by atoms with Gasteiger partial charge in [0.05, 0.1) is 13.1 Å². The van der Waals surface area contributed by atoms with Crippen molar-refractivity contribution in [3.05, 3.63) is 23.7 Å². The monoisotopic (exact) mass is 224 g/mol. The summed E-state index contributed by atoms with van der Waals surface area (Å²) in [6.07, 6.45) is 0. The minimum Gasteiger partial charge on any atom is -0.463 e. The maximum absolute atomic E-state index is 5.76. The lowest BCUT2D eigenvalue weighted by Crippen LogP contribution is -2.22. The Kier molecular flexibility index (Phi) is 5.56. The molecular formula is C13H24N2O. The van der Waals surface area contributed by atoms with Gasteiger partial charge < -0.3 is 9.73 Å². The number of rotatable bonds is 7. The van der Waals surface area contributed by atoms with Crippen molar-refractivity contribution in [2.45, 2.75) is 46.8 Å². The van der Waals surface area contributed by atoms with Crippen LogP contribution in [0.3, 0.4) is 0 Å². The van der Waals surface area contributed by atoms with Gasteiger partial charge in [-0.15, -0.1) is 0 Å². The van der Waals surface area contributed by atoms with Gasteiger partial charge in [0.2, 0.25) is 0 Å². The molecule has 0 aliphatic rings. The van der Waals surface area contributed by atoms with Crippen molar-refractivity contribution in [1.82, 2.24) is 10.2 Å². The van der Waals surface area contributed by atoms with E-state index >= 15 is 0 Å². The van der Waals surface area contributed by atoms with Gasteiger partial charge in [-0.05, 0) is 25.2 Å². The molecule has 1 rings (SSSR count). The molecule has 0 radical (unpaired) electrons. The summed E-state index contributed by atoms with van der Waals surface area (Å²) in [6, 6.07) is 4.64. The molecule has 0 aliphatic carbocycles. The standard InChI is InChI=1S/C13H24N2O/c1-5-15(6-2)10-13-8-7-12(16-13)9-14-11(3)4/h7-8,11,14H,5-6,9-10H2,1-4H3. The fourth-order valence-electron chi connectivity index (χ4n) is 1.57. The quantitative estimate of drug-likeness (QED) is 0.771. The van der Waals surface area contributed by atoms with Crippen LogP contribution >= 0.6 is 0 Å². The largest absolute Gasteiger partial charge is 0.463 e. The van der Waals surface area contributed by atoms with E-state index in [0.717, 1.165) is 37.7 Å². The summed E-state index contributed by atoms with van der Waals surface area (Å²) < 4.78 is 5.76. The molecule has 16 heavy (non-hydrogen) atoms. The van der Waals surface area contributed by atoms with Crippen LogP contribution < -0.4 is 5.32 Å². The van der Waals surface area contributed by atoms with E-state index in [4.69, 9.17) is 4.42 Å².